The van der Waals surface area contributed by atoms with Gasteiger partial charge in [-0.2, -0.15) is 0 Å². The van der Waals surface area contributed by atoms with Crippen molar-refractivity contribution >= 4 is 5.97 Å². The third kappa shape index (κ3) is 10.2. The van der Waals surface area contributed by atoms with E-state index >= 15 is 0 Å². The Morgan fingerprint density at radius 2 is 1.65 bits per heavy atom. The number of cyclic esters (lactones) is 1. The van der Waals surface area contributed by atoms with E-state index in [0.29, 0.717) is 5.92 Å². The molecule has 9 atom stereocenters. The molecule has 2 heterocycles. The Hall–Kier alpha value is -2.61. The first-order valence-corrected chi connectivity index (χ1v) is 15.5. The van der Waals surface area contributed by atoms with Crippen molar-refractivity contribution in [3.63, 3.8) is 0 Å². The topological polar surface area (TPSA) is 83.5 Å². The van der Waals surface area contributed by atoms with Gasteiger partial charge in [0.2, 0.25) is 5.76 Å². The van der Waals surface area contributed by atoms with Gasteiger partial charge in [0, 0.05) is 32.0 Å². The fourth-order valence-corrected chi connectivity index (χ4v) is 6.09. The number of rotatable bonds is 7. The molecule has 0 bridgehead atoms. The van der Waals surface area contributed by atoms with E-state index in [2.05, 4.69) is 40.7 Å². The van der Waals surface area contributed by atoms with Gasteiger partial charge in [0.15, 0.2) is 0 Å². The SMILES string of the molecule is COC1=CC(C)=C[C@@H](C)[C@@H](O)[C@@H](C)CC(C)=CC=C[C@H](OC)[C@@H]([C@@H](C)/C=C(\C)C2=C[C@@H](OC)[C@H](C)[C@@H](C(C)C)O2)OC1=O. The van der Waals surface area contributed by atoms with E-state index < -0.39 is 24.3 Å². The highest BCUT2D eigenvalue weighted by Crippen LogP contribution is 2.33. The number of carbonyl (C=O) groups excluding carboxylic acids is 1. The van der Waals surface area contributed by atoms with Crippen LogP contribution in [0.4, 0.5) is 0 Å². The molecule has 0 radical (unpaired) electrons. The number of esters is 1. The first-order valence-electron chi connectivity index (χ1n) is 15.5. The normalized spacial score (nSPS) is 32.6. The first kappa shape index (κ1) is 36.6. The predicted octanol–water partition coefficient (Wildman–Crippen LogP) is 7.10. The summed E-state index contributed by atoms with van der Waals surface area (Å²) in [5, 5.41) is 10.9. The molecule has 2 rings (SSSR count). The average Bonchev–Trinajstić information content (AvgIpc) is 2.95. The monoisotopic (exact) mass is 600 g/mol. The van der Waals surface area contributed by atoms with E-state index in [0.717, 1.165) is 28.9 Å². The van der Waals surface area contributed by atoms with Crippen LogP contribution < -0.4 is 0 Å². The summed E-state index contributed by atoms with van der Waals surface area (Å²) in [4.78, 5) is 13.5. The molecule has 2 aliphatic heterocycles. The highest BCUT2D eigenvalue weighted by atomic mass is 16.6. The number of carbonyl (C=O) groups is 1. The highest BCUT2D eigenvalue weighted by Gasteiger charge is 2.35. The zero-order valence-electron chi connectivity index (χ0n) is 28.4. The lowest BCUT2D eigenvalue weighted by molar-refractivity contribution is -0.155. The number of ether oxygens (including phenoxy) is 5. The zero-order valence-corrected chi connectivity index (χ0v) is 28.4. The van der Waals surface area contributed by atoms with Gasteiger partial charge in [0.1, 0.15) is 24.1 Å². The van der Waals surface area contributed by atoms with E-state index in [-0.39, 0.29) is 41.6 Å². The fraction of sp³-hybridized carbons (Fsp3) is 0.639. The minimum absolute atomic E-state index is 0.0194. The molecule has 0 saturated heterocycles. The van der Waals surface area contributed by atoms with E-state index in [1.165, 1.54) is 7.11 Å². The Morgan fingerprint density at radius 3 is 2.23 bits per heavy atom. The summed E-state index contributed by atoms with van der Waals surface area (Å²) in [5.41, 5.74) is 2.88. The summed E-state index contributed by atoms with van der Waals surface area (Å²) in [6.45, 7) is 18.5. The van der Waals surface area contributed by atoms with Gasteiger partial charge in [-0.05, 0) is 56.8 Å². The fourth-order valence-electron chi connectivity index (χ4n) is 6.09. The minimum Gasteiger partial charge on any atom is -0.490 e. The largest absolute Gasteiger partial charge is 0.490 e. The van der Waals surface area contributed by atoms with Gasteiger partial charge in [0.25, 0.3) is 0 Å². The van der Waals surface area contributed by atoms with Crippen molar-refractivity contribution in [3.05, 3.63) is 70.8 Å². The summed E-state index contributed by atoms with van der Waals surface area (Å²) < 4.78 is 29.7. The molecule has 0 fully saturated rings. The number of hydrogen-bond acceptors (Lipinski definition) is 7. The lowest BCUT2D eigenvalue weighted by Crippen LogP contribution is -2.39. The zero-order chi connectivity index (χ0) is 32.4. The Balaban J connectivity index is 2.54. The Bertz CT molecular complexity index is 1110. The molecular weight excluding hydrogens is 544 g/mol. The smallest absolute Gasteiger partial charge is 0.373 e. The summed E-state index contributed by atoms with van der Waals surface area (Å²) in [6.07, 6.45) is 12.6. The Labute approximate surface area is 260 Å². The van der Waals surface area contributed by atoms with E-state index in [4.69, 9.17) is 23.7 Å². The quantitative estimate of drug-likeness (QED) is 0.312. The number of allylic oxidation sites excluding steroid dienone is 6. The summed E-state index contributed by atoms with van der Waals surface area (Å²) >= 11 is 0. The highest BCUT2D eigenvalue weighted by molar-refractivity contribution is 5.87. The van der Waals surface area contributed by atoms with Gasteiger partial charge >= 0.3 is 5.97 Å². The van der Waals surface area contributed by atoms with Gasteiger partial charge < -0.3 is 28.8 Å². The molecule has 0 aromatic rings. The molecule has 1 N–H and O–H groups in total. The third-order valence-corrected chi connectivity index (χ3v) is 8.56. The summed E-state index contributed by atoms with van der Waals surface area (Å²) in [5.74, 6) is 0.520. The predicted molar refractivity (Wildman–Crippen MR) is 172 cm³/mol. The maximum Gasteiger partial charge on any atom is 0.373 e. The van der Waals surface area contributed by atoms with Gasteiger partial charge in [-0.1, -0.05) is 83.1 Å². The van der Waals surface area contributed by atoms with Crippen LogP contribution in [0.3, 0.4) is 0 Å². The van der Waals surface area contributed by atoms with Crippen LogP contribution in [0.25, 0.3) is 0 Å². The van der Waals surface area contributed by atoms with Crippen molar-refractivity contribution in [2.75, 3.05) is 21.3 Å². The molecule has 0 aromatic carbocycles. The molecule has 242 valence electrons. The average molecular weight is 601 g/mol. The minimum atomic E-state index is -0.657. The molecule has 0 amide bonds. The van der Waals surface area contributed by atoms with Crippen molar-refractivity contribution in [3.8, 4) is 0 Å². The molecule has 0 aromatic heterocycles. The van der Waals surface area contributed by atoms with Crippen LogP contribution in [0.1, 0.15) is 68.7 Å². The van der Waals surface area contributed by atoms with Gasteiger partial charge in [-0.25, -0.2) is 4.79 Å². The van der Waals surface area contributed by atoms with Gasteiger partial charge in [-0.15, -0.1) is 0 Å². The number of methoxy groups -OCH3 is 3. The second-order valence-electron chi connectivity index (χ2n) is 12.7. The molecule has 0 unspecified atom stereocenters. The second-order valence-corrected chi connectivity index (χ2v) is 12.7. The van der Waals surface area contributed by atoms with Crippen molar-refractivity contribution in [2.45, 2.75) is 99.3 Å². The van der Waals surface area contributed by atoms with E-state index in [1.54, 1.807) is 20.3 Å². The van der Waals surface area contributed by atoms with Crippen LogP contribution in [0.15, 0.2) is 70.8 Å². The van der Waals surface area contributed by atoms with Crippen molar-refractivity contribution in [2.24, 2.45) is 29.6 Å². The van der Waals surface area contributed by atoms with Crippen LogP contribution >= 0.6 is 0 Å². The van der Waals surface area contributed by atoms with Crippen molar-refractivity contribution in [1.82, 2.24) is 0 Å². The van der Waals surface area contributed by atoms with Gasteiger partial charge in [0.05, 0.1) is 19.3 Å². The second kappa shape index (κ2) is 17.0. The van der Waals surface area contributed by atoms with Crippen LogP contribution in [0.5, 0.6) is 0 Å². The van der Waals surface area contributed by atoms with Gasteiger partial charge in [-0.3, -0.25) is 0 Å². The standard InChI is InChI=1S/C36H56O7/c1-21(2)34-28(9)31(40-11)20-30(42-34)24(5)19-27(8)35-29(39-10)15-13-14-22(3)16-25(6)33(37)26(7)17-23(4)18-32(41-12)36(38)43-35/h13-15,17-21,25-29,31,33-35,37H,16H2,1-12H3/b15-13?,22-14?,23-17?,24-19+,32-18?/t25-,26+,27-,28-,29-,31+,33-,34+,35+/m0/s1. The Morgan fingerprint density at radius 1 is 1.00 bits per heavy atom. The number of hydrogen-bond donors (Lipinski definition) is 1. The Kier molecular flexibility index (Phi) is 14.5. The summed E-state index contributed by atoms with van der Waals surface area (Å²) in [7, 11) is 4.79. The molecule has 0 aliphatic carbocycles. The maximum absolute atomic E-state index is 13.5. The number of aliphatic hydroxyl groups is 1. The van der Waals surface area contributed by atoms with E-state index in [9.17, 15) is 9.90 Å². The van der Waals surface area contributed by atoms with E-state index in [1.807, 2.05) is 58.1 Å². The maximum atomic E-state index is 13.5. The lowest BCUT2D eigenvalue weighted by atomic mass is 9.86. The van der Waals surface area contributed by atoms with Crippen molar-refractivity contribution in [1.29, 1.82) is 0 Å². The first-order chi connectivity index (χ1) is 20.2. The third-order valence-electron chi connectivity index (χ3n) is 8.56. The van der Waals surface area contributed by atoms with Crippen LogP contribution in [0.2, 0.25) is 0 Å². The van der Waals surface area contributed by atoms with Crippen LogP contribution in [-0.2, 0) is 28.5 Å². The molecule has 7 heteroatoms. The molecule has 7 nitrogen and oxygen atoms in total. The summed E-state index contributed by atoms with van der Waals surface area (Å²) in [6, 6.07) is 0. The molecule has 2 aliphatic rings. The molecule has 0 spiro atoms. The number of aliphatic hydroxyl groups excluding tert-OH is 1. The van der Waals surface area contributed by atoms with Crippen LogP contribution in [0, 0.1) is 29.6 Å². The lowest BCUT2D eigenvalue weighted by Gasteiger charge is -2.37. The molecular formula is C36H56O7. The van der Waals surface area contributed by atoms with Crippen molar-refractivity contribution < 1.29 is 33.6 Å². The molecule has 43 heavy (non-hydrogen) atoms. The van der Waals surface area contributed by atoms with Crippen LogP contribution in [-0.4, -0.2) is 62.9 Å². The molecule has 0 saturated carbocycles.